The van der Waals surface area contributed by atoms with Crippen LogP contribution in [0.5, 0.6) is 0 Å². The maximum atomic E-state index is 13.8. The van der Waals surface area contributed by atoms with Gasteiger partial charge in [-0.15, -0.1) is 0 Å². The molecule has 0 heterocycles. The summed E-state index contributed by atoms with van der Waals surface area (Å²) in [6.07, 6.45) is 9.80. The van der Waals surface area contributed by atoms with Gasteiger partial charge in [-0.1, -0.05) is 62.3 Å². The number of nitrogens with two attached hydrogens (primary N) is 1. The Bertz CT molecular complexity index is 1340. The second-order valence-electron chi connectivity index (χ2n) is 19.1. The van der Waals surface area contributed by atoms with E-state index in [-0.39, 0.29) is 45.4 Å². The molecule has 0 saturated heterocycles. The molecule has 0 aromatic rings. The molecule has 0 aromatic carbocycles. The van der Waals surface area contributed by atoms with Crippen LogP contribution < -0.4 is 5.73 Å². The molecule has 252 valence electrons. The number of carboxylic acid groups (broad SMARTS) is 1. The van der Waals surface area contributed by atoms with Crippen molar-refractivity contribution < 1.29 is 24.2 Å². The minimum Gasteiger partial charge on any atom is -0.481 e. The summed E-state index contributed by atoms with van der Waals surface area (Å²) in [6, 6.07) is 0. The Kier molecular flexibility index (Phi) is 7.32. The van der Waals surface area contributed by atoms with Crippen LogP contribution in [0.15, 0.2) is 11.1 Å². The van der Waals surface area contributed by atoms with Crippen LogP contribution in [0.4, 0.5) is 0 Å². The van der Waals surface area contributed by atoms with E-state index in [1.165, 1.54) is 5.57 Å². The third-order valence-electron chi connectivity index (χ3n) is 16.7. The lowest BCUT2D eigenvalue weighted by molar-refractivity contribution is -0.233. The molecular formula is C39H61NO5. The fraction of sp³-hybridized carbons (Fsp3) is 0.872. The number of carboxylic acids is 1. The van der Waals surface area contributed by atoms with Crippen molar-refractivity contribution in [3.05, 3.63) is 11.1 Å². The lowest BCUT2D eigenvalue weighted by atomic mass is 9.33. The molecule has 10 atom stereocenters. The first kappa shape index (κ1) is 33.2. The lowest BCUT2D eigenvalue weighted by Gasteiger charge is -2.72. The predicted octanol–water partition coefficient (Wildman–Crippen LogP) is 8.12. The van der Waals surface area contributed by atoms with Crippen molar-refractivity contribution in [2.24, 2.45) is 67.8 Å². The summed E-state index contributed by atoms with van der Waals surface area (Å²) < 4.78 is 6.48. The van der Waals surface area contributed by atoms with Gasteiger partial charge in [-0.2, -0.15) is 0 Å². The number of hydrogen-bond donors (Lipinski definition) is 2. The van der Waals surface area contributed by atoms with Crippen LogP contribution in [0.1, 0.15) is 140 Å². The van der Waals surface area contributed by atoms with Crippen molar-refractivity contribution in [1.82, 2.24) is 0 Å². The van der Waals surface area contributed by atoms with Crippen LogP contribution >= 0.6 is 0 Å². The number of aliphatic carboxylic acids is 1. The van der Waals surface area contributed by atoms with Gasteiger partial charge in [0.25, 0.3) is 0 Å². The highest BCUT2D eigenvalue weighted by molar-refractivity contribution is 6.01. The van der Waals surface area contributed by atoms with E-state index in [0.717, 1.165) is 56.9 Å². The van der Waals surface area contributed by atoms with E-state index in [1.54, 1.807) is 6.92 Å². The van der Waals surface area contributed by atoms with E-state index in [0.29, 0.717) is 37.0 Å². The van der Waals surface area contributed by atoms with Crippen LogP contribution in [-0.2, 0) is 19.1 Å². The smallest absolute Gasteiger partial charge is 0.309 e. The second-order valence-corrected chi connectivity index (χ2v) is 19.1. The first-order chi connectivity index (χ1) is 20.6. The van der Waals surface area contributed by atoms with Gasteiger partial charge in [0.15, 0.2) is 5.78 Å². The Hall–Kier alpha value is -1.69. The van der Waals surface area contributed by atoms with E-state index in [4.69, 9.17) is 10.5 Å². The fourth-order valence-corrected chi connectivity index (χ4v) is 13.3. The number of ketones is 1. The maximum absolute atomic E-state index is 13.8. The lowest BCUT2D eigenvalue weighted by Crippen LogP contribution is -2.66. The SMILES string of the molecule is CC(C)C1=C2C3CCC4[C@@]5(C)CC[C@H](OC(=O)[C@H]6CC[C@@](C)(C(=O)O)C6(C)C)C(C)(C)C5CC[C@@]4(C)[C@]3(C)CC[C@@]2(N)CC1=O. The van der Waals surface area contributed by atoms with Gasteiger partial charge in [0.1, 0.15) is 6.10 Å². The van der Waals surface area contributed by atoms with Gasteiger partial charge in [-0.05, 0) is 128 Å². The molecule has 6 heteroatoms. The van der Waals surface area contributed by atoms with Crippen molar-refractivity contribution in [3.63, 3.8) is 0 Å². The van der Waals surface area contributed by atoms with Crippen LogP contribution in [0.25, 0.3) is 0 Å². The standard InChI is InChI=1S/C39H61NO5/c1-22(2)29-25(41)21-39(40)20-19-36(8)23(30(29)39)11-12-27-35(7)16-15-28(33(3,4)26(35)14-18-37(27,36)9)45-31(42)24-13-17-38(10,32(43)44)34(24,5)6/h22-24,26-28H,11-21,40H2,1-10H3,(H,43,44)/t23?,24-,26?,27?,28+,35+,36-,37-,38+,39-/m1/s1. The molecule has 6 nitrogen and oxygen atoms in total. The van der Waals surface area contributed by atoms with Crippen molar-refractivity contribution >= 4 is 17.7 Å². The minimum atomic E-state index is -0.930. The molecule has 0 aliphatic heterocycles. The van der Waals surface area contributed by atoms with Crippen LogP contribution in [0, 0.1) is 62.1 Å². The number of esters is 1. The summed E-state index contributed by atoms with van der Waals surface area (Å²) in [5.41, 5.74) is 7.67. The number of carbonyl (C=O) groups excluding carboxylic acids is 2. The number of allylic oxidation sites excluding steroid dienone is 1. The molecule has 5 fully saturated rings. The van der Waals surface area contributed by atoms with Gasteiger partial charge in [-0.25, -0.2) is 0 Å². The highest BCUT2D eigenvalue weighted by atomic mass is 16.5. The van der Waals surface area contributed by atoms with E-state index >= 15 is 0 Å². The first-order valence-corrected chi connectivity index (χ1v) is 18.1. The molecule has 0 aromatic heterocycles. The number of carbonyl (C=O) groups is 3. The van der Waals surface area contributed by atoms with E-state index in [1.807, 2.05) is 13.8 Å². The van der Waals surface area contributed by atoms with Gasteiger partial charge >= 0.3 is 11.9 Å². The third-order valence-corrected chi connectivity index (χ3v) is 16.7. The molecule has 3 N–H and O–H groups in total. The first-order valence-electron chi connectivity index (χ1n) is 18.1. The van der Waals surface area contributed by atoms with Crippen LogP contribution in [0.2, 0.25) is 0 Å². The Morgan fingerprint density at radius 2 is 1.49 bits per heavy atom. The number of rotatable bonds is 4. The second kappa shape index (κ2) is 9.92. The Labute approximate surface area is 272 Å². The van der Waals surface area contributed by atoms with Gasteiger partial charge < -0.3 is 15.6 Å². The number of ether oxygens (including phenoxy) is 1. The molecule has 0 bridgehead atoms. The van der Waals surface area contributed by atoms with Gasteiger partial charge in [0.2, 0.25) is 0 Å². The zero-order chi connectivity index (χ0) is 33.3. The molecule has 6 aliphatic rings. The largest absolute Gasteiger partial charge is 0.481 e. The van der Waals surface area contributed by atoms with E-state index < -0.39 is 28.3 Å². The number of hydrogen-bond acceptors (Lipinski definition) is 5. The molecule has 5 saturated carbocycles. The zero-order valence-corrected chi connectivity index (χ0v) is 29.9. The average Bonchev–Trinajstić information content (AvgIpc) is 3.34. The Balaban J connectivity index is 1.27. The highest BCUT2D eigenvalue weighted by Gasteiger charge is 2.70. The van der Waals surface area contributed by atoms with Crippen molar-refractivity contribution in [3.8, 4) is 0 Å². The molecule has 0 radical (unpaired) electrons. The van der Waals surface area contributed by atoms with Gasteiger partial charge in [-0.3, -0.25) is 14.4 Å². The summed E-state index contributed by atoms with van der Waals surface area (Å²) in [5.74, 6) is 0.454. The summed E-state index contributed by atoms with van der Waals surface area (Å²) in [6.45, 7) is 22.3. The van der Waals surface area contributed by atoms with Crippen LogP contribution in [-0.4, -0.2) is 34.5 Å². The maximum Gasteiger partial charge on any atom is 0.309 e. The van der Waals surface area contributed by atoms with Gasteiger partial charge in [0.05, 0.1) is 11.3 Å². The molecule has 6 aliphatic carbocycles. The topological polar surface area (TPSA) is 107 Å². The summed E-state index contributed by atoms with van der Waals surface area (Å²) in [5, 5.41) is 10.0. The Morgan fingerprint density at radius 3 is 2.09 bits per heavy atom. The van der Waals surface area contributed by atoms with Crippen molar-refractivity contribution in [1.29, 1.82) is 0 Å². The average molecular weight is 624 g/mol. The third kappa shape index (κ3) is 4.11. The van der Waals surface area contributed by atoms with Crippen molar-refractivity contribution in [2.75, 3.05) is 0 Å². The number of fused-ring (bicyclic) bond motifs is 7. The van der Waals surface area contributed by atoms with Crippen LogP contribution in [0.3, 0.4) is 0 Å². The summed E-state index contributed by atoms with van der Waals surface area (Å²) in [7, 11) is 0. The Morgan fingerprint density at radius 1 is 0.822 bits per heavy atom. The summed E-state index contributed by atoms with van der Waals surface area (Å²) >= 11 is 0. The fourth-order valence-electron chi connectivity index (χ4n) is 13.3. The summed E-state index contributed by atoms with van der Waals surface area (Å²) in [4.78, 5) is 39.3. The molecular weight excluding hydrogens is 562 g/mol. The van der Waals surface area contributed by atoms with Crippen molar-refractivity contribution in [2.45, 2.75) is 152 Å². The van der Waals surface area contributed by atoms with E-state index in [9.17, 15) is 19.5 Å². The zero-order valence-electron chi connectivity index (χ0n) is 29.9. The molecule has 6 rings (SSSR count). The molecule has 3 unspecified atom stereocenters. The normalized spacial score (nSPS) is 48.4. The quantitative estimate of drug-likeness (QED) is 0.306. The predicted molar refractivity (Wildman–Crippen MR) is 176 cm³/mol. The number of Topliss-reactive ketones (excluding diaryl/α,β-unsaturated/α-hetero) is 1. The monoisotopic (exact) mass is 623 g/mol. The molecule has 0 amide bonds. The molecule has 0 spiro atoms. The highest BCUT2D eigenvalue weighted by Crippen LogP contribution is 2.75. The minimum absolute atomic E-state index is 0.102. The van der Waals surface area contributed by atoms with E-state index in [2.05, 4.69) is 48.5 Å². The molecule has 45 heavy (non-hydrogen) atoms. The van der Waals surface area contributed by atoms with Gasteiger partial charge in [0, 0.05) is 17.4 Å².